The third-order valence-corrected chi connectivity index (χ3v) is 3.88. The monoisotopic (exact) mass is 304 g/mol. The standard InChI is InChI=1S/C12H14Cl2N2OS/c1-7(2)4-15-5-9-11(17-6-16-9)8-3-10(13)18-12(8)14/h3,6-7,15H,4-5H2,1-2H3. The van der Waals surface area contributed by atoms with Crippen LogP contribution in [-0.2, 0) is 6.54 Å². The molecule has 3 nitrogen and oxygen atoms in total. The van der Waals surface area contributed by atoms with Gasteiger partial charge in [0.2, 0.25) is 0 Å². The number of aromatic nitrogens is 1. The van der Waals surface area contributed by atoms with Crippen molar-refractivity contribution in [3.8, 4) is 11.3 Å². The molecule has 6 heteroatoms. The summed E-state index contributed by atoms with van der Waals surface area (Å²) in [5.41, 5.74) is 1.66. The van der Waals surface area contributed by atoms with Gasteiger partial charge in [0.15, 0.2) is 12.2 Å². The van der Waals surface area contributed by atoms with Crippen LogP contribution in [0.3, 0.4) is 0 Å². The van der Waals surface area contributed by atoms with Crippen LogP contribution in [0.5, 0.6) is 0 Å². The second-order valence-corrected chi connectivity index (χ2v) is 6.68. The maximum atomic E-state index is 6.12. The smallest absolute Gasteiger partial charge is 0.181 e. The van der Waals surface area contributed by atoms with Gasteiger partial charge in [-0.25, -0.2) is 4.98 Å². The van der Waals surface area contributed by atoms with E-state index in [1.54, 1.807) is 6.07 Å². The molecule has 0 aromatic carbocycles. The second kappa shape index (κ2) is 6.06. The van der Waals surface area contributed by atoms with Crippen LogP contribution < -0.4 is 5.32 Å². The largest absolute Gasteiger partial charge is 0.443 e. The summed E-state index contributed by atoms with van der Waals surface area (Å²) in [5.74, 6) is 1.29. The van der Waals surface area contributed by atoms with E-state index in [1.807, 2.05) is 0 Å². The average Bonchev–Trinajstić information content (AvgIpc) is 2.84. The van der Waals surface area contributed by atoms with E-state index >= 15 is 0 Å². The first-order valence-electron chi connectivity index (χ1n) is 5.66. The Balaban J connectivity index is 2.15. The molecule has 2 rings (SSSR count). The molecule has 0 bridgehead atoms. The van der Waals surface area contributed by atoms with Crippen LogP contribution in [0.15, 0.2) is 16.9 Å². The van der Waals surface area contributed by atoms with Crippen molar-refractivity contribution < 1.29 is 4.42 Å². The molecule has 0 aliphatic rings. The fourth-order valence-corrected chi connectivity index (χ4v) is 3.05. The van der Waals surface area contributed by atoms with Crippen LogP contribution in [0.1, 0.15) is 19.5 Å². The van der Waals surface area contributed by atoms with Gasteiger partial charge in [0.05, 0.1) is 9.90 Å². The minimum atomic E-state index is 0.597. The third-order valence-electron chi connectivity index (χ3n) is 2.39. The van der Waals surface area contributed by atoms with Crippen molar-refractivity contribution >= 4 is 34.5 Å². The maximum absolute atomic E-state index is 6.12. The lowest BCUT2D eigenvalue weighted by Gasteiger charge is -2.06. The third kappa shape index (κ3) is 3.26. The van der Waals surface area contributed by atoms with E-state index in [2.05, 4.69) is 24.1 Å². The van der Waals surface area contributed by atoms with Crippen molar-refractivity contribution in [3.63, 3.8) is 0 Å². The van der Waals surface area contributed by atoms with Gasteiger partial charge in [-0.05, 0) is 18.5 Å². The van der Waals surface area contributed by atoms with Gasteiger partial charge in [0.25, 0.3) is 0 Å². The normalized spacial score (nSPS) is 11.4. The second-order valence-electron chi connectivity index (χ2n) is 4.39. The zero-order valence-electron chi connectivity index (χ0n) is 10.2. The molecule has 18 heavy (non-hydrogen) atoms. The predicted molar refractivity (Wildman–Crippen MR) is 76.4 cm³/mol. The highest BCUT2D eigenvalue weighted by atomic mass is 35.5. The van der Waals surface area contributed by atoms with Gasteiger partial charge in [-0.1, -0.05) is 37.0 Å². The molecule has 2 aromatic rings. The molecule has 2 heterocycles. The molecule has 1 N–H and O–H groups in total. The van der Waals surface area contributed by atoms with Crippen LogP contribution in [0.2, 0.25) is 8.67 Å². The summed E-state index contributed by atoms with van der Waals surface area (Å²) >= 11 is 13.4. The summed E-state index contributed by atoms with van der Waals surface area (Å²) in [6.07, 6.45) is 1.43. The Morgan fingerprint density at radius 2 is 2.22 bits per heavy atom. The van der Waals surface area contributed by atoms with E-state index < -0.39 is 0 Å². The summed E-state index contributed by atoms with van der Waals surface area (Å²) in [4.78, 5) is 4.21. The summed E-state index contributed by atoms with van der Waals surface area (Å²) in [6, 6.07) is 1.81. The number of nitrogens with one attached hydrogen (secondary N) is 1. The lowest BCUT2D eigenvalue weighted by molar-refractivity contribution is 0.545. The molecular weight excluding hydrogens is 291 g/mol. The Morgan fingerprint density at radius 3 is 2.83 bits per heavy atom. The van der Waals surface area contributed by atoms with Crippen molar-refractivity contribution in [3.05, 3.63) is 26.8 Å². The molecular formula is C12H14Cl2N2OS. The molecule has 0 fully saturated rings. The van der Waals surface area contributed by atoms with E-state index in [-0.39, 0.29) is 0 Å². The average molecular weight is 305 g/mol. The van der Waals surface area contributed by atoms with Gasteiger partial charge < -0.3 is 9.73 Å². The van der Waals surface area contributed by atoms with E-state index in [0.29, 0.717) is 26.9 Å². The molecule has 0 saturated carbocycles. The maximum Gasteiger partial charge on any atom is 0.181 e. The first-order valence-corrected chi connectivity index (χ1v) is 7.23. The van der Waals surface area contributed by atoms with Crippen molar-refractivity contribution in [2.75, 3.05) is 6.54 Å². The predicted octanol–water partition coefficient (Wildman–Crippen LogP) is 4.46. The summed E-state index contributed by atoms with van der Waals surface area (Å²) in [7, 11) is 0. The number of halogens is 2. The lowest BCUT2D eigenvalue weighted by Crippen LogP contribution is -2.19. The van der Waals surface area contributed by atoms with Gasteiger partial charge in [0.1, 0.15) is 10.0 Å². The molecule has 0 atom stereocenters. The molecule has 0 aliphatic carbocycles. The number of rotatable bonds is 5. The van der Waals surface area contributed by atoms with Gasteiger partial charge in [-0.3, -0.25) is 0 Å². The first kappa shape index (κ1) is 13.9. The molecule has 0 unspecified atom stereocenters. The SMILES string of the molecule is CC(C)CNCc1ncoc1-c1cc(Cl)sc1Cl. The first-order chi connectivity index (χ1) is 8.58. The molecule has 0 aliphatic heterocycles. The summed E-state index contributed by atoms with van der Waals surface area (Å²) in [5, 5.41) is 3.33. The molecule has 0 amide bonds. The highest BCUT2D eigenvalue weighted by Gasteiger charge is 2.16. The fraction of sp³-hybridized carbons (Fsp3) is 0.417. The van der Waals surface area contributed by atoms with Gasteiger partial charge in [-0.2, -0.15) is 0 Å². The highest BCUT2D eigenvalue weighted by Crippen LogP contribution is 2.39. The van der Waals surface area contributed by atoms with Gasteiger partial charge in [-0.15, -0.1) is 11.3 Å². The van der Waals surface area contributed by atoms with Crippen LogP contribution in [0, 0.1) is 5.92 Å². The number of nitrogens with zero attached hydrogens (tertiary/aromatic N) is 1. The van der Waals surface area contributed by atoms with Crippen LogP contribution in [0.25, 0.3) is 11.3 Å². The van der Waals surface area contributed by atoms with E-state index in [9.17, 15) is 0 Å². The molecule has 2 aromatic heterocycles. The Morgan fingerprint density at radius 1 is 1.44 bits per heavy atom. The van der Waals surface area contributed by atoms with E-state index in [4.69, 9.17) is 27.6 Å². The number of oxazole rings is 1. The van der Waals surface area contributed by atoms with Crippen molar-refractivity contribution in [2.45, 2.75) is 20.4 Å². The fourth-order valence-electron chi connectivity index (χ4n) is 1.59. The Kier molecular flexibility index (Phi) is 4.67. The highest BCUT2D eigenvalue weighted by molar-refractivity contribution is 7.20. The molecule has 0 radical (unpaired) electrons. The zero-order valence-corrected chi connectivity index (χ0v) is 12.5. The number of hydrogen-bond acceptors (Lipinski definition) is 4. The Hall–Kier alpha value is -0.550. The minimum absolute atomic E-state index is 0.597. The van der Waals surface area contributed by atoms with E-state index in [0.717, 1.165) is 17.8 Å². The Labute approximate surface area is 120 Å². The molecule has 0 spiro atoms. The summed E-state index contributed by atoms with van der Waals surface area (Å²) in [6.45, 7) is 5.91. The van der Waals surface area contributed by atoms with Crippen molar-refractivity contribution in [1.29, 1.82) is 0 Å². The van der Waals surface area contributed by atoms with Gasteiger partial charge in [0, 0.05) is 6.54 Å². The molecule has 98 valence electrons. The van der Waals surface area contributed by atoms with Crippen molar-refractivity contribution in [1.82, 2.24) is 10.3 Å². The van der Waals surface area contributed by atoms with Crippen LogP contribution >= 0.6 is 34.5 Å². The summed E-state index contributed by atoms with van der Waals surface area (Å²) < 4.78 is 6.69. The minimum Gasteiger partial charge on any atom is -0.443 e. The number of thiophene rings is 1. The van der Waals surface area contributed by atoms with Crippen LogP contribution in [-0.4, -0.2) is 11.5 Å². The van der Waals surface area contributed by atoms with E-state index in [1.165, 1.54) is 17.7 Å². The van der Waals surface area contributed by atoms with Crippen molar-refractivity contribution in [2.24, 2.45) is 5.92 Å². The van der Waals surface area contributed by atoms with Crippen LogP contribution in [0.4, 0.5) is 0 Å². The lowest BCUT2D eigenvalue weighted by atomic mass is 10.2. The zero-order chi connectivity index (χ0) is 13.1. The number of hydrogen-bond donors (Lipinski definition) is 1. The van der Waals surface area contributed by atoms with Gasteiger partial charge >= 0.3 is 0 Å². The molecule has 0 saturated heterocycles. The quantitative estimate of drug-likeness (QED) is 0.886. The topological polar surface area (TPSA) is 38.1 Å². The Bertz CT molecular complexity index is 522.